The number of hydrogen-bond acceptors (Lipinski definition) is 1. The summed E-state index contributed by atoms with van der Waals surface area (Å²) in [6.45, 7) is 13.4. The van der Waals surface area contributed by atoms with Gasteiger partial charge in [0, 0.05) is 5.70 Å². The summed E-state index contributed by atoms with van der Waals surface area (Å²) in [4.78, 5) is 3.72. The molecular formula is C8H17N. The van der Waals surface area contributed by atoms with E-state index in [1.54, 1.807) is 0 Å². The molecule has 0 aromatic rings. The topological polar surface area (TPSA) is 12.4 Å². The lowest BCUT2D eigenvalue weighted by molar-refractivity contribution is 1.20. The predicted molar refractivity (Wildman–Crippen MR) is 44.9 cm³/mol. The number of rotatable bonds is 1. The minimum atomic E-state index is 1.03. The predicted octanol–water partition coefficient (Wildman–Crippen LogP) is 3.03. The van der Waals surface area contributed by atoms with Crippen molar-refractivity contribution < 1.29 is 0 Å². The summed E-state index contributed by atoms with van der Waals surface area (Å²) in [5.74, 6) is 0. The maximum atomic E-state index is 3.72. The van der Waals surface area contributed by atoms with Gasteiger partial charge in [0.05, 0.1) is 0 Å². The number of hydrogen-bond donors (Lipinski definition) is 0. The van der Waals surface area contributed by atoms with Gasteiger partial charge in [-0.1, -0.05) is 19.4 Å². The van der Waals surface area contributed by atoms with E-state index in [0.29, 0.717) is 0 Å². The molecule has 0 N–H and O–H groups in total. The lowest BCUT2D eigenvalue weighted by Crippen LogP contribution is -1.70. The van der Waals surface area contributed by atoms with Crippen LogP contribution in [0.1, 0.15) is 34.6 Å². The molecule has 0 aliphatic heterocycles. The molecular weight excluding hydrogens is 110 g/mol. The second-order valence-corrected chi connectivity index (χ2v) is 1.74. The van der Waals surface area contributed by atoms with Gasteiger partial charge in [0.1, 0.15) is 0 Å². The van der Waals surface area contributed by atoms with E-state index < -0.39 is 0 Å². The van der Waals surface area contributed by atoms with Crippen LogP contribution in [0.15, 0.2) is 16.3 Å². The summed E-state index contributed by atoms with van der Waals surface area (Å²) >= 11 is 0. The highest BCUT2D eigenvalue weighted by Gasteiger charge is 1.80. The molecule has 1 heteroatoms. The smallest absolute Gasteiger partial charge is 0.0351 e. The van der Waals surface area contributed by atoms with Crippen LogP contribution in [0.4, 0.5) is 0 Å². The van der Waals surface area contributed by atoms with Crippen molar-refractivity contribution in [3.63, 3.8) is 0 Å². The van der Waals surface area contributed by atoms with Crippen LogP contribution in [-0.4, -0.2) is 6.72 Å². The normalized spacial score (nSPS) is 6.78. The summed E-state index contributed by atoms with van der Waals surface area (Å²) in [5.41, 5.74) is 2.26. The van der Waals surface area contributed by atoms with Gasteiger partial charge in [0.2, 0.25) is 0 Å². The molecule has 0 unspecified atom stereocenters. The minimum Gasteiger partial charge on any atom is -0.269 e. The molecule has 0 saturated carbocycles. The first-order valence-corrected chi connectivity index (χ1v) is 3.29. The van der Waals surface area contributed by atoms with E-state index >= 15 is 0 Å². The summed E-state index contributed by atoms with van der Waals surface area (Å²) in [5, 5.41) is 0. The third-order valence-electron chi connectivity index (χ3n) is 0.961. The van der Waals surface area contributed by atoms with Crippen molar-refractivity contribution in [2.45, 2.75) is 34.6 Å². The van der Waals surface area contributed by atoms with E-state index in [2.05, 4.69) is 11.7 Å². The zero-order chi connectivity index (χ0) is 7.86. The van der Waals surface area contributed by atoms with Crippen molar-refractivity contribution in [3.05, 3.63) is 11.3 Å². The van der Waals surface area contributed by atoms with Gasteiger partial charge in [0.15, 0.2) is 0 Å². The Morgan fingerprint density at radius 2 is 1.44 bits per heavy atom. The fourth-order valence-corrected chi connectivity index (χ4v) is 0.158. The third-order valence-corrected chi connectivity index (χ3v) is 0.961. The molecule has 0 saturated heterocycles. The van der Waals surface area contributed by atoms with Gasteiger partial charge in [0.25, 0.3) is 0 Å². The van der Waals surface area contributed by atoms with Gasteiger partial charge >= 0.3 is 0 Å². The zero-order valence-electron chi connectivity index (χ0n) is 7.15. The van der Waals surface area contributed by atoms with Gasteiger partial charge in [-0.15, -0.1) is 0 Å². The fraction of sp³-hybridized carbons (Fsp3) is 0.625. The van der Waals surface area contributed by atoms with E-state index in [9.17, 15) is 0 Å². The molecule has 0 spiro atoms. The molecule has 9 heavy (non-hydrogen) atoms. The molecule has 0 rings (SSSR count). The number of nitrogens with zero attached hydrogens (tertiary/aromatic N) is 1. The maximum Gasteiger partial charge on any atom is 0.0351 e. The van der Waals surface area contributed by atoms with Crippen molar-refractivity contribution in [1.29, 1.82) is 0 Å². The Labute approximate surface area is 58.5 Å². The largest absolute Gasteiger partial charge is 0.269 e. The van der Waals surface area contributed by atoms with E-state index in [1.165, 1.54) is 5.57 Å². The average molecular weight is 127 g/mol. The molecule has 0 atom stereocenters. The molecule has 0 radical (unpaired) electrons. The van der Waals surface area contributed by atoms with Gasteiger partial charge in [-0.3, -0.25) is 4.99 Å². The Morgan fingerprint density at radius 1 is 1.11 bits per heavy atom. The maximum absolute atomic E-state index is 3.72. The first-order valence-electron chi connectivity index (χ1n) is 3.29. The second-order valence-electron chi connectivity index (χ2n) is 1.74. The SMILES string of the molecule is C=NC(C)=C(C)C.CC. The Kier molecular flexibility index (Phi) is 9.25. The van der Waals surface area contributed by atoms with Gasteiger partial charge in [-0.2, -0.15) is 0 Å². The summed E-state index contributed by atoms with van der Waals surface area (Å²) in [6.07, 6.45) is 0. The van der Waals surface area contributed by atoms with E-state index in [0.717, 1.165) is 5.70 Å². The standard InChI is InChI=1S/C6H11N.C2H6/c1-5(2)6(3)7-4;1-2/h4H2,1-3H3;1-2H3. The molecule has 0 heterocycles. The summed E-state index contributed by atoms with van der Waals surface area (Å²) in [6, 6.07) is 0. The Morgan fingerprint density at radius 3 is 1.44 bits per heavy atom. The lowest BCUT2D eigenvalue weighted by Gasteiger charge is -1.89. The zero-order valence-corrected chi connectivity index (χ0v) is 7.15. The lowest BCUT2D eigenvalue weighted by atomic mass is 10.3. The van der Waals surface area contributed by atoms with Crippen LogP contribution >= 0.6 is 0 Å². The molecule has 1 nitrogen and oxygen atoms in total. The summed E-state index contributed by atoms with van der Waals surface area (Å²) < 4.78 is 0. The first-order chi connectivity index (χ1) is 4.18. The molecule has 0 aliphatic carbocycles. The van der Waals surface area contributed by atoms with Crippen LogP contribution in [0.3, 0.4) is 0 Å². The second kappa shape index (κ2) is 7.41. The van der Waals surface area contributed by atoms with E-state index in [1.807, 2.05) is 34.6 Å². The van der Waals surface area contributed by atoms with E-state index in [-0.39, 0.29) is 0 Å². The Hall–Kier alpha value is -0.590. The Balaban J connectivity index is 0. The van der Waals surface area contributed by atoms with Gasteiger partial charge in [-0.05, 0) is 27.5 Å². The molecule has 0 bridgehead atoms. The molecule has 0 aliphatic rings. The van der Waals surface area contributed by atoms with Crippen molar-refractivity contribution in [1.82, 2.24) is 0 Å². The van der Waals surface area contributed by atoms with Crippen molar-refractivity contribution >= 4 is 6.72 Å². The van der Waals surface area contributed by atoms with Crippen molar-refractivity contribution in [2.75, 3.05) is 0 Å². The van der Waals surface area contributed by atoms with Crippen LogP contribution in [0.2, 0.25) is 0 Å². The van der Waals surface area contributed by atoms with Crippen LogP contribution in [-0.2, 0) is 0 Å². The van der Waals surface area contributed by atoms with Crippen molar-refractivity contribution in [2.24, 2.45) is 4.99 Å². The number of allylic oxidation sites excluding steroid dienone is 2. The molecule has 0 aromatic heterocycles. The quantitative estimate of drug-likeness (QED) is 0.480. The highest BCUT2D eigenvalue weighted by atomic mass is 14.7. The van der Waals surface area contributed by atoms with Crippen LogP contribution < -0.4 is 0 Å². The molecule has 0 amide bonds. The van der Waals surface area contributed by atoms with Crippen LogP contribution in [0, 0.1) is 0 Å². The highest BCUT2D eigenvalue weighted by Crippen LogP contribution is 1.99. The van der Waals surface area contributed by atoms with Crippen LogP contribution in [0.5, 0.6) is 0 Å². The molecule has 54 valence electrons. The minimum absolute atomic E-state index is 1.03. The first kappa shape index (κ1) is 11.2. The third kappa shape index (κ3) is 7.41. The average Bonchev–Trinajstić information content (AvgIpc) is 1.91. The highest BCUT2D eigenvalue weighted by molar-refractivity contribution is 5.29. The summed E-state index contributed by atoms with van der Waals surface area (Å²) in [7, 11) is 0. The number of aliphatic imine (C=N–C) groups is 1. The van der Waals surface area contributed by atoms with Crippen LogP contribution in [0.25, 0.3) is 0 Å². The van der Waals surface area contributed by atoms with Gasteiger partial charge < -0.3 is 0 Å². The fourth-order valence-electron chi connectivity index (χ4n) is 0.158. The monoisotopic (exact) mass is 127 g/mol. The molecule has 0 aromatic carbocycles. The van der Waals surface area contributed by atoms with E-state index in [4.69, 9.17) is 0 Å². The van der Waals surface area contributed by atoms with Gasteiger partial charge in [-0.25, -0.2) is 0 Å². The Bertz CT molecular complexity index is 97.1. The molecule has 0 fully saturated rings. The van der Waals surface area contributed by atoms with Crippen molar-refractivity contribution in [3.8, 4) is 0 Å².